The molecule has 0 saturated carbocycles. The van der Waals surface area contributed by atoms with E-state index in [2.05, 4.69) is 5.32 Å². The summed E-state index contributed by atoms with van der Waals surface area (Å²) in [5.74, 6) is -0.270. The predicted molar refractivity (Wildman–Crippen MR) is 48.1 cm³/mol. The summed E-state index contributed by atoms with van der Waals surface area (Å²) in [5.41, 5.74) is 5.47. The van der Waals surface area contributed by atoms with Crippen LogP contribution in [0.3, 0.4) is 0 Å². The number of rotatable bonds is 1. The quantitative estimate of drug-likeness (QED) is 0.392. The molecular formula is C8H16N2O4. The van der Waals surface area contributed by atoms with E-state index >= 15 is 0 Å². The van der Waals surface area contributed by atoms with Crippen molar-refractivity contribution in [3.8, 4) is 0 Å². The van der Waals surface area contributed by atoms with Crippen LogP contribution >= 0.6 is 0 Å². The summed E-state index contributed by atoms with van der Waals surface area (Å²) >= 11 is 0. The van der Waals surface area contributed by atoms with Crippen molar-refractivity contribution in [3.05, 3.63) is 0 Å². The van der Waals surface area contributed by atoms with Gasteiger partial charge in [0.05, 0.1) is 24.3 Å². The van der Waals surface area contributed by atoms with Crippen molar-refractivity contribution in [3.63, 3.8) is 0 Å². The molecule has 0 unspecified atom stereocenters. The van der Waals surface area contributed by atoms with Crippen molar-refractivity contribution >= 4 is 5.91 Å². The van der Waals surface area contributed by atoms with Gasteiger partial charge in [-0.05, 0) is 6.92 Å². The number of nitrogens with two attached hydrogens (primary N) is 1. The lowest BCUT2D eigenvalue weighted by atomic mass is 9.96. The number of aliphatic hydroxyl groups excluding tert-OH is 2. The van der Waals surface area contributed by atoms with Gasteiger partial charge in [-0.15, -0.1) is 0 Å². The molecule has 1 aliphatic heterocycles. The SMILES string of the molecule is CC(=O)N[C@@H]1[C@H](O)[C@@H](N)[C@@H](O)O[C@@H]1C. The zero-order valence-corrected chi connectivity index (χ0v) is 8.18. The molecule has 1 fully saturated rings. The minimum Gasteiger partial charge on any atom is -0.389 e. The van der Waals surface area contributed by atoms with E-state index in [9.17, 15) is 15.0 Å². The molecule has 1 rings (SSSR count). The maximum Gasteiger partial charge on any atom is 0.217 e. The van der Waals surface area contributed by atoms with Crippen LogP contribution in [0.25, 0.3) is 0 Å². The first kappa shape index (κ1) is 11.4. The second-order valence-electron chi connectivity index (χ2n) is 3.53. The molecule has 5 atom stereocenters. The zero-order valence-electron chi connectivity index (χ0n) is 8.18. The van der Waals surface area contributed by atoms with E-state index in [1.54, 1.807) is 6.92 Å². The molecule has 0 aromatic rings. The number of ether oxygens (including phenoxy) is 1. The fourth-order valence-electron chi connectivity index (χ4n) is 1.52. The Hall–Kier alpha value is -0.690. The van der Waals surface area contributed by atoms with Crippen molar-refractivity contribution in [2.75, 3.05) is 0 Å². The minimum absolute atomic E-state index is 0.270. The first-order valence-electron chi connectivity index (χ1n) is 4.47. The van der Waals surface area contributed by atoms with Crippen LogP contribution in [0.2, 0.25) is 0 Å². The molecule has 6 heteroatoms. The van der Waals surface area contributed by atoms with E-state index in [0.717, 1.165) is 0 Å². The number of aliphatic hydroxyl groups is 2. The number of hydrogen-bond acceptors (Lipinski definition) is 5. The average Bonchev–Trinajstić information content (AvgIpc) is 2.09. The van der Waals surface area contributed by atoms with E-state index in [1.807, 2.05) is 0 Å². The Morgan fingerprint density at radius 2 is 2.07 bits per heavy atom. The molecule has 0 aromatic carbocycles. The Bertz CT molecular complexity index is 223. The number of carbonyl (C=O) groups is 1. The second kappa shape index (κ2) is 4.22. The Kier molecular flexibility index (Phi) is 3.43. The summed E-state index contributed by atoms with van der Waals surface area (Å²) in [6.45, 7) is 2.99. The highest BCUT2D eigenvalue weighted by Gasteiger charge is 2.41. The second-order valence-corrected chi connectivity index (χ2v) is 3.53. The molecule has 0 aliphatic carbocycles. The van der Waals surface area contributed by atoms with E-state index in [0.29, 0.717) is 0 Å². The Morgan fingerprint density at radius 1 is 1.50 bits per heavy atom. The molecule has 1 amide bonds. The third kappa shape index (κ3) is 2.21. The molecule has 5 N–H and O–H groups in total. The molecule has 82 valence electrons. The Balaban J connectivity index is 2.68. The number of nitrogens with one attached hydrogen (secondary N) is 1. The van der Waals surface area contributed by atoms with Crippen LogP contribution in [0.15, 0.2) is 0 Å². The first-order chi connectivity index (χ1) is 6.43. The summed E-state index contributed by atoms with van der Waals surface area (Å²) < 4.78 is 5.04. The van der Waals surface area contributed by atoms with Gasteiger partial charge in [0.1, 0.15) is 0 Å². The van der Waals surface area contributed by atoms with Gasteiger partial charge in [-0.3, -0.25) is 4.79 Å². The average molecular weight is 204 g/mol. The Morgan fingerprint density at radius 3 is 2.57 bits per heavy atom. The monoisotopic (exact) mass is 204 g/mol. The third-order valence-electron chi connectivity index (χ3n) is 2.32. The van der Waals surface area contributed by atoms with Gasteiger partial charge in [0.25, 0.3) is 0 Å². The van der Waals surface area contributed by atoms with Crippen LogP contribution < -0.4 is 11.1 Å². The highest BCUT2D eigenvalue weighted by Crippen LogP contribution is 2.17. The number of carbonyl (C=O) groups excluding carboxylic acids is 1. The first-order valence-corrected chi connectivity index (χ1v) is 4.47. The van der Waals surface area contributed by atoms with Gasteiger partial charge >= 0.3 is 0 Å². The van der Waals surface area contributed by atoms with Gasteiger partial charge in [0.15, 0.2) is 6.29 Å². The van der Waals surface area contributed by atoms with Gasteiger partial charge in [-0.25, -0.2) is 0 Å². The van der Waals surface area contributed by atoms with E-state index in [1.165, 1.54) is 6.92 Å². The molecule has 1 saturated heterocycles. The van der Waals surface area contributed by atoms with Gasteiger partial charge < -0.3 is 26.0 Å². The van der Waals surface area contributed by atoms with Crippen LogP contribution in [0.5, 0.6) is 0 Å². The number of amides is 1. The van der Waals surface area contributed by atoms with Crippen LogP contribution in [0.1, 0.15) is 13.8 Å². The van der Waals surface area contributed by atoms with Gasteiger partial charge in [-0.2, -0.15) is 0 Å². The van der Waals surface area contributed by atoms with Gasteiger partial charge in [-0.1, -0.05) is 0 Å². The molecule has 1 aliphatic rings. The van der Waals surface area contributed by atoms with E-state index in [-0.39, 0.29) is 5.91 Å². The van der Waals surface area contributed by atoms with Crippen LogP contribution in [0.4, 0.5) is 0 Å². The summed E-state index contributed by atoms with van der Waals surface area (Å²) in [6.07, 6.45) is -2.66. The van der Waals surface area contributed by atoms with Crippen molar-refractivity contribution in [1.29, 1.82) is 0 Å². The molecule has 0 radical (unpaired) electrons. The smallest absolute Gasteiger partial charge is 0.217 e. The lowest BCUT2D eigenvalue weighted by molar-refractivity contribution is -0.207. The standard InChI is InChI=1S/C8H16N2O4/c1-3-6(10-4(2)11)7(12)5(9)8(13)14-3/h3,5-8,12-13H,9H2,1-2H3,(H,10,11)/t3-,5-,6+,7-,8+/m1/s1. The summed E-state index contributed by atoms with van der Waals surface area (Å²) in [6, 6.07) is -1.48. The molecular weight excluding hydrogens is 188 g/mol. The third-order valence-corrected chi connectivity index (χ3v) is 2.32. The zero-order chi connectivity index (χ0) is 10.9. The largest absolute Gasteiger partial charge is 0.389 e. The van der Waals surface area contributed by atoms with Crippen LogP contribution in [-0.2, 0) is 9.53 Å². The summed E-state index contributed by atoms with van der Waals surface area (Å²) in [5, 5.41) is 21.4. The van der Waals surface area contributed by atoms with Crippen molar-refractivity contribution < 1.29 is 19.7 Å². The van der Waals surface area contributed by atoms with Gasteiger partial charge in [0, 0.05) is 6.92 Å². The minimum atomic E-state index is -1.19. The topological polar surface area (TPSA) is 105 Å². The lowest BCUT2D eigenvalue weighted by Gasteiger charge is -2.40. The summed E-state index contributed by atoms with van der Waals surface area (Å²) in [4.78, 5) is 10.8. The predicted octanol–water partition coefficient (Wildman–Crippen LogP) is -2.08. The molecule has 0 aromatic heterocycles. The maximum atomic E-state index is 10.8. The molecule has 6 nitrogen and oxygen atoms in total. The van der Waals surface area contributed by atoms with Crippen LogP contribution in [-0.4, -0.2) is 46.7 Å². The fourth-order valence-corrected chi connectivity index (χ4v) is 1.52. The Labute approximate surface area is 82.0 Å². The highest BCUT2D eigenvalue weighted by atomic mass is 16.6. The van der Waals surface area contributed by atoms with E-state index in [4.69, 9.17) is 10.5 Å². The molecule has 0 spiro atoms. The normalized spacial score (nSPS) is 43.4. The highest BCUT2D eigenvalue weighted by molar-refractivity contribution is 5.73. The molecule has 0 bridgehead atoms. The van der Waals surface area contributed by atoms with Crippen LogP contribution in [0, 0.1) is 0 Å². The van der Waals surface area contributed by atoms with Crippen molar-refractivity contribution in [2.24, 2.45) is 5.73 Å². The molecule has 14 heavy (non-hydrogen) atoms. The van der Waals surface area contributed by atoms with E-state index < -0.39 is 30.6 Å². The molecule has 1 heterocycles. The number of hydrogen-bond donors (Lipinski definition) is 4. The fraction of sp³-hybridized carbons (Fsp3) is 0.875. The van der Waals surface area contributed by atoms with Crippen molar-refractivity contribution in [1.82, 2.24) is 5.32 Å². The maximum absolute atomic E-state index is 10.8. The van der Waals surface area contributed by atoms with Crippen molar-refractivity contribution in [2.45, 2.75) is 44.4 Å². The lowest BCUT2D eigenvalue weighted by Crippen LogP contribution is -2.65. The summed E-state index contributed by atoms with van der Waals surface area (Å²) in [7, 11) is 0. The van der Waals surface area contributed by atoms with Gasteiger partial charge in [0.2, 0.25) is 5.91 Å².